The lowest BCUT2D eigenvalue weighted by atomic mass is 10.2. The quantitative estimate of drug-likeness (QED) is 0.587. The summed E-state index contributed by atoms with van der Waals surface area (Å²) >= 11 is 0. The molecule has 1 rings (SSSR count). The molecular formula is C9H13N3O2. The van der Waals surface area contributed by atoms with Crippen molar-refractivity contribution in [3.8, 4) is 0 Å². The predicted molar refractivity (Wildman–Crippen MR) is 53.9 cm³/mol. The second-order valence-corrected chi connectivity index (χ2v) is 3.10. The van der Waals surface area contributed by atoms with E-state index in [1.807, 2.05) is 0 Å². The molecule has 0 bridgehead atoms. The monoisotopic (exact) mass is 195 g/mol. The highest BCUT2D eigenvalue weighted by Gasteiger charge is 2.08. The molecule has 14 heavy (non-hydrogen) atoms. The van der Waals surface area contributed by atoms with Gasteiger partial charge in [0, 0.05) is 11.8 Å². The summed E-state index contributed by atoms with van der Waals surface area (Å²) in [7, 11) is 0. The van der Waals surface area contributed by atoms with Crippen LogP contribution in [0.15, 0.2) is 12.1 Å². The normalized spacial score (nSPS) is 10.1. The van der Waals surface area contributed by atoms with Gasteiger partial charge in [0.2, 0.25) is 0 Å². The van der Waals surface area contributed by atoms with Crippen molar-refractivity contribution in [2.24, 2.45) is 0 Å². The van der Waals surface area contributed by atoms with Gasteiger partial charge < -0.3 is 5.73 Å². The van der Waals surface area contributed by atoms with Crippen LogP contribution >= 0.6 is 0 Å². The van der Waals surface area contributed by atoms with Crippen LogP contribution in [0.3, 0.4) is 0 Å². The first-order chi connectivity index (χ1) is 6.63. The molecule has 0 aliphatic rings. The number of nitrogens with zero attached hydrogens (tertiary/aromatic N) is 2. The van der Waals surface area contributed by atoms with Gasteiger partial charge in [-0.1, -0.05) is 13.3 Å². The molecule has 5 heteroatoms. The van der Waals surface area contributed by atoms with E-state index in [4.69, 9.17) is 5.73 Å². The van der Waals surface area contributed by atoms with Gasteiger partial charge in [-0.2, -0.15) is 0 Å². The van der Waals surface area contributed by atoms with Crippen LogP contribution in [0.1, 0.15) is 25.5 Å². The average Bonchev–Trinajstić information content (AvgIpc) is 2.14. The van der Waals surface area contributed by atoms with Crippen molar-refractivity contribution in [2.45, 2.75) is 26.2 Å². The Morgan fingerprint density at radius 2 is 2.29 bits per heavy atom. The van der Waals surface area contributed by atoms with E-state index in [1.54, 1.807) is 0 Å². The number of hydrogen-bond acceptors (Lipinski definition) is 4. The van der Waals surface area contributed by atoms with Crippen molar-refractivity contribution in [1.29, 1.82) is 0 Å². The van der Waals surface area contributed by atoms with Crippen LogP contribution in [0.4, 0.5) is 11.5 Å². The lowest BCUT2D eigenvalue weighted by Gasteiger charge is -2.00. The molecule has 1 aromatic rings. The summed E-state index contributed by atoms with van der Waals surface area (Å²) < 4.78 is 0. The smallest absolute Gasteiger partial charge is 0.274 e. The zero-order chi connectivity index (χ0) is 10.6. The number of pyridine rings is 1. The van der Waals surface area contributed by atoms with Crippen molar-refractivity contribution >= 4 is 11.5 Å². The van der Waals surface area contributed by atoms with Gasteiger partial charge in [-0.05, 0) is 12.8 Å². The molecule has 5 nitrogen and oxygen atoms in total. The van der Waals surface area contributed by atoms with Crippen LogP contribution in [0.2, 0.25) is 0 Å². The largest absolute Gasteiger partial charge is 0.383 e. The predicted octanol–water partition coefficient (Wildman–Crippen LogP) is 1.91. The molecule has 0 unspecified atom stereocenters. The lowest BCUT2D eigenvalue weighted by Crippen LogP contribution is -1.99. The van der Waals surface area contributed by atoms with E-state index in [0.717, 1.165) is 19.3 Å². The van der Waals surface area contributed by atoms with Gasteiger partial charge in [-0.15, -0.1) is 0 Å². The highest BCUT2D eigenvalue weighted by atomic mass is 16.6. The summed E-state index contributed by atoms with van der Waals surface area (Å²) in [5.74, 6) is 0.213. The summed E-state index contributed by atoms with van der Waals surface area (Å²) in [6, 6.07) is 2.75. The van der Waals surface area contributed by atoms with Gasteiger partial charge in [0.1, 0.15) is 5.82 Å². The second kappa shape index (κ2) is 4.55. The Bertz CT molecular complexity index is 339. The number of nitrogens with two attached hydrogens (primary N) is 1. The number of unbranched alkanes of at least 4 members (excludes halogenated alkanes) is 1. The first kappa shape index (κ1) is 10.4. The van der Waals surface area contributed by atoms with E-state index in [0.29, 0.717) is 5.69 Å². The molecule has 0 amide bonds. The van der Waals surface area contributed by atoms with Crippen LogP contribution in [-0.4, -0.2) is 9.91 Å². The Morgan fingerprint density at radius 1 is 1.57 bits per heavy atom. The van der Waals surface area contributed by atoms with Crippen LogP contribution < -0.4 is 5.73 Å². The molecule has 0 aromatic carbocycles. The summed E-state index contributed by atoms with van der Waals surface area (Å²) in [5.41, 5.74) is 6.16. The zero-order valence-electron chi connectivity index (χ0n) is 8.06. The van der Waals surface area contributed by atoms with Crippen molar-refractivity contribution in [2.75, 3.05) is 5.73 Å². The third-order valence-corrected chi connectivity index (χ3v) is 1.88. The van der Waals surface area contributed by atoms with Crippen LogP contribution in [-0.2, 0) is 6.42 Å². The maximum Gasteiger partial charge on any atom is 0.274 e. The van der Waals surface area contributed by atoms with Crippen molar-refractivity contribution in [3.63, 3.8) is 0 Å². The van der Waals surface area contributed by atoms with E-state index in [2.05, 4.69) is 11.9 Å². The minimum atomic E-state index is -0.451. The van der Waals surface area contributed by atoms with Crippen LogP contribution in [0.25, 0.3) is 0 Å². The second-order valence-electron chi connectivity index (χ2n) is 3.10. The highest BCUT2D eigenvalue weighted by Crippen LogP contribution is 2.16. The summed E-state index contributed by atoms with van der Waals surface area (Å²) in [4.78, 5) is 14.1. The van der Waals surface area contributed by atoms with E-state index < -0.39 is 4.92 Å². The molecule has 1 heterocycles. The Balaban J connectivity index is 2.89. The first-order valence-corrected chi connectivity index (χ1v) is 4.54. The third kappa shape index (κ3) is 2.69. The number of nitro groups is 1. The van der Waals surface area contributed by atoms with Crippen LogP contribution in [0.5, 0.6) is 0 Å². The maximum absolute atomic E-state index is 10.5. The fourth-order valence-corrected chi connectivity index (χ4v) is 1.19. The van der Waals surface area contributed by atoms with Crippen molar-refractivity contribution in [3.05, 3.63) is 27.9 Å². The number of rotatable bonds is 4. The molecule has 1 aromatic heterocycles. The molecule has 0 fully saturated rings. The summed E-state index contributed by atoms with van der Waals surface area (Å²) in [6.45, 7) is 2.06. The maximum atomic E-state index is 10.5. The molecule has 76 valence electrons. The van der Waals surface area contributed by atoms with Crippen molar-refractivity contribution < 1.29 is 4.92 Å². The standard InChI is InChI=1S/C9H13N3O2/c1-2-3-4-7-5-8(12(13)14)6-9(10)11-7/h5-6H,2-4H2,1H3,(H2,10,11). The van der Waals surface area contributed by atoms with E-state index in [1.165, 1.54) is 12.1 Å². The number of hydrogen-bond donors (Lipinski definition) is 1. The minimum Gasteiger partial charge on any atom is -0.383 e. The Kier molecular flexibility index (Phi) is 3.39. The lowest BCUT2D eigenvalue weighted by molar-refractivity contribution is -0.384. The summed E-state index contributed by atoms with van der Waals surface area (Å²) in [6.07, 6.45) is 2.74. The van der Waals surface area contributed by atoms with Crippen molar-refractivity contribution in [1.82, 2.24) is 4.98 Å². The molecule has 0 atom stereocenters. The first-order valence-electron chi connectivity index (χ1n) is 4.54. The minimum absolute atomic E-state index is 0.0172. The van der Waals surface area contributed by atoms with Gasteiger partial charge in [-0.25, -0.2) is 4.98 Å². The van der Waals surface area contributed by atoms with Gasteiger partial charge in [0.15, 0.2) is 0 Å². The topological polar surface area (TPSA) is 82.0 Å². The molecule has 2 N–H and O–H groups in total. The van der Waals surface area contributed by atoms with E-state index in [-0.39, 0.29) is 11.5 Å². The molecule has 0 saturated heterocycles. The van der Waals surface area contributed by atoms with Gasteiger partial charge in [-0.3, -0.25) is 10.1 Å². The third-order valence-electron chi connectivity index (χ3n) is 1.88. The van der Waals surface area contributed by atoms with E-state index in [9.17, 15) is 10.1 Å². The number of anilines is 1. The van der Waals surface area contributed by atoms with Gasteiger partial charge >= 0.3 is 0 Å². The fourth-order valence-electron chi connectivity index (χ4n) is 1.19. The van der Waals surface area contributed by atoms with Gasteiger partial charge in [0.25, 0.3) is 5.69 Å². The molecule has 0 radical (unpaired) electrons. The number of nitrogen functional groups attached to an aromatic ring is 1. The molecular weight excluding hydrogens is 182 g/mol. The van der Waals surface area contributed by atoms with Crippen LogP contribution in [0, 0.1) is 10.1 Å². The average molecular weight is 195 g/mol. The molecule has 0 aliphatic carbocycles. The number of aromatic nitrogens is 1. The Labute approximate surface area is 82.1 Å². The number of aryl methyl sites for hydroxylation is 1. The Morgan fingerprint density at radius 3 is 2.86 bits per heavy atom. The van der Waals surface area contributed by atoms with Gasteiger partial charge in [0.05, 0.1) is 11.0 Å². The molecule has 0 aliphatic heterocycles. The van der Waals surface area contributed by atoms with E-state index >= 15 is 0 Å². The molecule has 0 spiro atoms. The highest BCUT2D eigenvalue weighted by molar-refractivity contribution is 5.43. The summed E-state index contributed by atoms with van der Waals surface area (Å²) in [5, 5.41) is 10.5. The fraction of sp³-hybridized carbons (Fsp3) is 0.444. The Hall–Kier alpha value is -1.65. The zero-order valence-corrected chi connectivity index (χ0v) is 8.06. The SMILES string of the molecule is CCCCc1cc([N+](=O)[O-])cc(N)n1. The molecule has 0 saturated carbocycles.